The Kier molecular flexibility index (Phi) is 9.47. The lowest BCUT2D eigenvalue weighted by atomic mass is 10.0. The van der Waals surface area contributed by atoms with Crippen LogP contribution in [0.2, 0.25) is 0 Å². The van der Waals surface area contributed by atoms with Crippen LogP contribution in [0.5, 0.6) is 0 Å². The predicted molar refractivity (Wildman–Crippen MR) is 70.1 cm³/mol. The van der Waals surface area contributed by atoms with E-state index in [-0.39, 0.29) is 17.3 Å². The fourth-order valence-corrected chi connectivity index (χ4v) is 1.59. The highest BCUT2D eigenvalue weighted by Gasteiger charge is 2.24. The molecule has 6 heteroatoms. The van der Waals surface area contributed by atoms with E-state index < -0.39 is 18.1 Å². The van der Waals surface area contributed by atoms with Gasteiger partial charge in [0.25, 0.3) is 0 Å². The van der Waals surface area contributed by atoms with Crippen molar-refractivity contribution < 1.29 is 20.2 Å². The summed E-state index contributed by atoms with van der Waals surface area (Å²) in [4.78, 5) is 22.6. The lowest BCUT2D eigenvalue weighted by molar-refractivity contribution is -0.142. The van der Waals surface area contributed by atoms with Crippen LogP contribution in [0.3, 0.4) is 0 Å². The van der Waals surface area contributed by atoms with Gasteiger partial charge in [0.2, 0.25) is 5.91 Å². The van der Waals surface area contributed by atoms with Crippen molar-refractivity contribution in [1.29, 1.82) is 0 Å². The molecule has 0 bridgehead atoms. The molecule has 18 heavy (non-hydrogen) atoms. The van der Waals surface area contributed by atoms with Crippen molar-refractivity contribution in [2.75, 3.05) is 0 Å². The van der Waals surface area contributed by atoms with E-state index in [1.54, 1.807) is 0 Å². The van der Waals surface area contributed by atoms with Crippen molar-refractivity contribution in [2.24, 2.45) is 17.6 Å². The van der Waals surface area contributed by atoms with Crippen LogP contribution in [0.4, 0.5) is 0 Å². The second-order valence-electron chi connectivity index (χ2n) is 5.27. The number of nitrogens with two attached hydrogens (primary N) is 1. The fraction of sp³-hybridized carbons (Fsp3) is 0.833. The van der Waals surface area contributed by atoms with Crippen LogP contribution in [0.1, 0.15) is 40.5 Å². The third-order valence-corrected chi connectivity index (χ3v) is 2.38. The van der Waals surface area contributed by atoms with Crippen LogP contribution in [0.25, 0.3) is 0 Å². The van der Waals surface area contributed by atoms with Crippen molar-refractivity contribution in [2.45, 2.75) is 52.6 Å². The largest absolute Gasteiger partial charge is 0.480 e. The number of rotatable bonds is 7. The number of carboxylic acid groups (broad SMARTS) is 1. The lowest BCUT2D eigenvalue weighted by Crippen LogP contribution is -2.49. The molecular formula is C12H26N2O4. The molecule has 0 spiro atoms. The number of amides is 1. The smallest absolute Gasteiger partial charge is 0.326 e. The van der Waals surface area contributed by atoms with E-state index in [1.165, 1.54) is 0 Å². The quantitative estimate of drug-likeness (QED) is 0.604. The van der Waals surface area contributed by atoms with E-state index in [1.807, 2.05) is 27.7 Å². The zero-order valence-electron chi connectivity index (χ0n) is 11.6. The highest BCUT2D eigenvalue weighted by Crippen LogP contribution is 2.07. The van der Waals surface area contributed by atoms with Crippen molar-refractivity contribution in [3.05, 3.63) is 0 Å². The minimum absolute atomic E-state index is 0. The summed E-state index contributed by atoms with van der Waals surface area (Å²) in [5.74, 6) is -0.877. The first kappa shape index (κ1) is 19.2. The Labute approximate surface area is 108 Å². The molecule has 0 radical (unpaired) electrons. The SMILES string of the molecule is CC(C)C[C@H](NC(=O)[C@@H](N)CC(C)C)C(=O)O.O. The number of nitrogens with one attached hydrogen (secondary N) is 1. The summed E-state index contributed by atoms with van der Waals surface area (Å²) in [7, 11) is 0. The normalized spacial score (nSPS) is 13.9. The lowest BCUT2D eigenvalue weighted by Gasteiger charge is -2.20. The Hall–Kier alpha value is -1.14. The van der Waals surface area contributed by atoms with Crippen LogP contribution in [0, 0.1) is 11.8 Å². The van der Waals surface area contributed by atoms with Crippen LogP contribution in [0.15, 0.2) is 0 Å². The summed E-state index contributed by atoms with van der Waals surface area (Å²) in [6.07, 6.45) is 0.968. The highest BCUT2D eigenvalue weighted by molar-refractivity contribution is 5.86. The Morgan fingerprint density at radius 3 is 1.89 bits per heavy atom. The molecule has 108 valence electrons. The average Bonchev–Trinajstić information content (AvgIpc) is 2.14. The molecule has 0 aromatic heterocycles. The van der Waals surface area contributed by atoms with Gasteiger partial charge in [-0.3, -0.25) is 4.79 Å². The molecule has 0 aliphatic carbocycles. The number of carbonyl (C=O) groups excluding carboxylic acids is 1. The number of carbonyl (C=O) groups is 2. The second kappa shape index (κ2) is 8.88. The van der Waals surface area contributed by atoms with Gasteiger partial charge in [-0.05, 0) is 24.7 Å². The zero-order chi connectivity index (χ0) is 13.6. The molecule has 0 aliphatic rings. The standard InChI is InChI=1S/C12H24N2O3.H2O/c1-7(2)5-9(13)11(15)14-10(12(16)17)6-8(3)4;/h7-10H,5-6,13H2,1-4H3,(H,14,15)(H,16,17);1H2/t9-,10-;/m0./s1. The number of aliphatic carboxylic acids is 1. The molecular weight excluding hydrogens is 236 g/mol. The maximum Gasteiger partial charge on any atom is 0.326 e. The summed E-state index contributed by atoms with van der Waals surface area (Å²) in [5, 5.41) is 11.5. The van der Waals surface area contributed by atoms with Gasteiger partial charge in [-0.2, -0.15) is 0 Å². The van der Waals surface area contributed by atoms with Crippen LogP contribution in [-0.4, -0.2) is 34.5 Å². The molecule has 0 saturated heterocycles. The molecule has 0 saturated carbocycles. The van der Waals surface area contributed by atoms with Gasteiger partial charge in [-0.25, -0.2) is 4.79 Å². The molecule has 0 aromatic rings. The second-order valence-corrected chi connectivity index (χ2v) is 5.27. The van der Waals surface area contributed by atoms with E-state index in [0.717, 1.165) is 0 Å². The minimum atomic E-state index is -1.01. The molecule has 6 nitrogen and oxygen atoms in total. The number of hydrogen-bond donors (Lipinski definition) is 3. The van der Waals surface area contributed by atoms with Gasteiger partial charge >= 0.3 is 5.97 Å². The van der Waals surface area contributed by atoms with Crippen LogP contribution >= 0.6 is 0 Å². The van der Waals surface area contributed by atoms with E-state index >= 15 is 0 Å². The molecule has 6 N–H and O–H groups in total. The van der Waals surface area contributed by atoms with Gasteiger partial charge in [-0.15, -0.1) is 0 Å². The number of carboxylic acids is 1. The fourth-order valence-electron chi connectivity index (χ4n) is 1.59. The van der Waals surface area contributed by atoms with Gasteiger partial charge in [0.05, 0.1) is 6.04 Å². The van der Waals surface area contributed by atoms with E-state index in [2.05, 4.69) is 5.32 Å². The predicted octanol–water partition coefficient (Wildman–Crippen LogP) is 0.151. The minimum Gasteiger partial charge on any atom is -0.480 e. The zero-order valence-corrected chi connectivity index (χ0v) is 11.6. The molecule has 0 heterocycles. The summed E-state index contributed by atoms with van der Waals surface area (Å²) in [6, 6.07) is -1.48. The topological polar surface area (TPSA) is 124 Å². The molecule has 0 unspecified atom stereocenters. The van der Waals surface area contributed by atoms with Crippen LogP contribution in [-0.2, 0) is 9.59 Å². The first-order chi connectivity index (χ1) is 7.73. The van der Waals surface area contributed by atoms with Crippen molar-refractivity contribution in [3.8, 4) is 0 Å². The Balaban J connectivity index is 0. The Morgan fingerprint density at radius 1 is 1.11 bits per heavy atom. The van der Waals surface area contributed by atoms with E-state index in [9.17, 15) is 9.59 Å². The summed E-state index contributed by atoms with van der Waals surface area (Å²) >= 11 is 0. The third kappa shape index (κ3) is 8.03. The number of hydrogen-bond acceptors (Lipinski definition) is 3. The highest BCUT2D eigenvalue weighted by atomic mass is 16.4. The maximum atomic E-state index is 11.7. The van der Waals surface area contributed by atoms with Crippen molar-refractivity contribution in [1.82, 2.24) is 5.32 Å². The monoisotopic (exact) mass is 262 g/mol. The molecule has 2 atom stereocenters. The van der Waals surface area contributed by atoms with E-state index in [0.29, 0.717) is 18.8 Å². The van der Waals surface area contributed by atoms with Crippen LogP contribution < -0.4 is 11.1 Å². The van der Waals surface area contributed by atoms with E-state index in [4.69, 9.17) is 10.8 Å². The van der Waals surface area contributed by atoms with Gasteiger partial charge < -0.3 is 21.6 Å². The summed E-state index contributed by atoms with van der Waals surface area (Å²) in [5.41, 5.74) is 5.69. The molecule has 0 rings (SSSR count). The van der Waals surface area contributed by atoms with Gasteiger partial charge in [0.1, 0.15) is 6.04 Å². The molecule has 0 aliphatic heterocycles. The van der Waals surface area contributed by atoms with Gasteiger partial charge in [-0.1, -0.05) is 27.7 Å². The first-order valence-corrected chi connectivity index (χ1v) is 6.02. The first-order valence-electron chi connectivity index (χ1n) is 6.02. The summed E-state index contributed by atoms with van der Waals surface area (Å²) in [6.45, 7) is 7.76. The summed E-state index contributed by atoms with van der Waals surface area (Å²) < 4.78 is 0. The van der Waals surface area contributed by atoms with Crippen molar-refractivity contribution >= 4 is 11.9 Å². The molecule has 1 amide bonds. The van der Waals surface area contributed by atoms with Crippen molar-refractivity contribution in [3.63, 3.8) is 0 Å². The average molecular weight is 262 g/mol. The molecule has 0 fully saturated rings. The molecule has 0 aromatic carbocycles. The Bertz CT molecular complexity index is 267. The maximum absolute atomic E-state index is 11.7. The Morgan fingerprint density at radius 2 is 1.56 bits per heavy atom. The van der Waals surface area contributed by atoms with Gasteiger partial charge in [0, 0.05) is 0 Å². The van der Waals surface area contributed by atoms with Gasteiger partial charge in [0.15, 0.2) is 0 Å². The third-order valence-electron chi connectivity index (χ3n) is 2.38.